The van der Waals surface area contributed by atoms with Gasteiger partial charge in [0.05, 0.1) is 13.2 Å². The van der Waals surface area contributed by atoms with Gasteiger partial charge in [0, 0.05) is 6.61 Å². The van der Waals surface area contributed by atoms with E-state index in [-0.39, 0.29) is 3.61 Å². The molecule has 0 aliphatic rings. The maximum atomic E-state index is 5.59. The molecule has 0 aliphatic heterocycles. The predicted octanol–water partition coefficient (Wildman–Crippen LogP) is 3.78. The first-order valence-corrected chi connectivity index (χ1v) is 6.60. The van der Waals surface area contributed by atoms with Crippen LogP contribution in [0.2, 0.25) is 0 Å². The highest BCUT2D eigenvalue weighted by molar-refractivity contribution is 14.1. The van der Waals surface area contributed by atoms with E-state index in [4.69, 9.17) is 9.47 Å². The molecule has 3 heteroatoms. The van der Waals surface area contributed by atoms with Crippen molar-refractivity contribution in [3.63, 3.8) is 0 Å². The molecular formula is C13H19IO2. The lowest BCUT2D eigenvalue weighted by atomic mass is 10.2. The number of halogens is 1. The molecule has 90 valence electrons. The Labute approximate surface area is 111 Å². The van der Waals surface area contributed by atoms with E-state index in [1.165, 1.54) is 5.56 Å². The second kappa shape index (κ2) is 7.25. The van der Waals surface area contributed by atoms with Crippen LogP contribution in [-0.4, -0.2) is 16.8 Å². The van der Waals surface area contributed by atoms with Crippen LogP contribution in [0, 0.1) is 0 Å². The van der Waals surface area contributed by atoms with Crippen molar-refractivity contribution in [2.45, 2.75) is 30.5 Å². The highest BCUT2D eigenvalue weighted by Gasteiger charge is 2.10. The minimum Gasteiger partial charge on any atom is -0.377 e. The van der Waals surface area contributed by atoms with Gasteiger partial charge in [-0.2, -0.15) is 0 Å². The monoisotopic (exact) mass is 334 g/mol. The minimum absolute atomic E-state index is 0.0722. The Kier molecular flexibility index (Phi) is 6.31. The molecule has 2 nitrogen and oxygen atoms in total. The molecule has 0 heterocycles. The Bertz CT molecular complexity index is 280. The van der Waals surface area contributed by atoms with Crippen LogP contribution in [0.15, 0.2) is 30.3 Å². The summed E-state index contributed by atoms with van der Waals surface area (Å²) in [5.41, 5.74) is 1.22. The van der Waals surface area contributed by atoms with E-state index in [1.807, 2.05) is 18.2 Å². The van der Waals surface area contributed by atoms with Crippen LogP contribution in [0.3, 0.4) is 0 Å². The molecule has 0 spiro atoms. The van der Waals surface area contributed by atoms with Gasteiger partial charge in [-0.15, -0.1) is 0 Å². The Morgan fingerprint density at radius 3 is 2.44 bits per heavy atom. The van der Waals surface area contributed by atoms with Crippen molar-refractivity contribution in [3.05, 3.63) is 35.9 Å². The van der Waals surface area contributed by atoms with Gasteiger partial charge < -0.3 is 9.47 Å². The summed E-state index contributed by atoms with van der Waals surface area (Å²) in [5, 5.41) is 0. The Morgan fingerprint density at radius 2 is 1.81 bits per heavy atom. The topological polar surface area (TPSA) is 18.5 Å². The molecule has 1 aromatic carbocycles. The van der Waals surface area contributed by atoms with Crippen LogP contribution in [0.5, 0.6) is 0 Å². The van der Waals surface area contributed by atoms with Crippen molar-refractivity contribution < 1.29 is 9.47 Å². The van der Waals surface area contributed by atoms with Crippen LogP contribution in [0.1, 0.15) is 25.8 Å². The van der Waals surface area contributed by atoms with Crippen LogP contribution in [-0.2, 0) is 16.1 Å². The molecule has 0 saturated heterocycles. The minimum atomic E-state index is -0.0722. The lowest BCUT2D eigenvalue weighted by Gasteiger charge is -2.17. The Hall–Kier alpha value is -0.130. The summed E-state index contributed by atoms with van der Waals surface area (Å²) in [4.78, 5) is 0. The van der Waals surface area contributed by atoms with E-state index in [1.54, 1.807) is 0 Å². The number of hydrogen-bond donors (Lipinski definition) is 0. The Balaban J connectivity index is 2.01. The number of alkyl halides is 1. The lowest BCUT2D eigenvalue weighted by molar-refractivity contribution is 0.0389. The van der Waals surface area contributed by atoms with Crippen molar-refractivity contribution in [2.24, 2.45) is 0 Å². The molecule has 1 rings (SSSR count). The smallest absolute Gasteiger partial charge is 0.113 e. The molecule has 0 atom stereocenters. The van der Waals surface area contributed by atoms with E-state index in [9.17, 15) is 0 Å². The molecule has 0 fully saturated rings. The zero-order valence-corrected chi connectivity index (χ0v) is 12.1. The zero-order valence-electron chi connectivity index (χ0n) is 9.91. The molecule has 0 aliphatic carbocycles. The van der Waals surface area contributed by atoms with Gasteiger partial charge >= 0.3 is 0 Å². The summed E-state index contributed by atoms with van der Waals surface area (Å²) >= 11 is 2.28. The van der Waals surface area contributed by atoms with Crippen LogP contribution < -0.4 is 0 Å². The fourth-order valence-corrected chi connectivity index (χ4v) is 1.46. The van der Waals surface area contributed by atoms with E-state index >= 15 is 0 Å². The largest absolute Gasteiger partial charge is 0.377 e. The zero-order chi connectivity index (χ0) is 11.9. The average molecular weight is 334 g/mol. The predicted molar refractivity (Wildman–Crippen MR) is 74.8 cm³/mol. The fourth-order valence-electron chi connectivity index (χ4n) is 1.24. The average Bonchev–Trinajstić information content (AvgIpc) is 2.23. The van der Waals surface area contributed by atoms with Gasteiger partial charge in [0.25, 0.3) is 0 Å². The summed E-state index contributed by atoms with van der Waals surface area (Å²) in [6.45, 7) is 6.30. The molecule has 0 unspecified atom stereocenters. The second-order valence-corrected chi connectivity index (χ2v) is 6.70. The maximum Gasteiger partial charge on any atom is 0.113 e. The molecule has 0 aromatic heterocycles. The normalized spacial score (nSPS) is 11.7. The first-order valence-electron chi connectivity index (χ1n) is 5.52. The van der Waals surface area contributed by atoms with Gasteiger partial charge in [-0.25, -0.2) is 0 Å². The molecule has 0 bridgehead atoms. The summed E-state index contributed by atoms with van der Waals surface area (Å²) in [6, 6.07) is 10.2. The highest BCUT2D eigenvalue weighted by Crippen LogP contribution is 2.17. The molecule has 0 saturated carbocycles. The van der Waals surface area contributed by atoms with Gasteiger partial charge in [-0.05, 0) is 48.4 Å². The van der Waals surface area contributed by atoms with Gasteiger partial charge in [0.2, 0.25) is 0 Å². The summed E-state index contributed by atoms with van der Waals surface area (Å²) in [7, 11) is 0. The third-order valence-corrected chi connectivity index (χ3v) is 2.30. The van der Waals surface area contributed by atoms with E-state index < -0.39 is 0 Å². The van der Waals surface area contributed by atoms with Crippen LogP contribution in [0.4, 0.5) is 0 Å². The number of rotatable bonds is 7. The van der Waals surface area contributed by atoms with E-state index in [0.717, 1.165) is 19.6 Å². The third-order valence-electron chi connectivity index (χ3n) is 1.99. The highest BCUT2D eigenvalue weighted by atomic mass is 127. The van der Waals surface area contributed by atoms with Crippen molar-refractivity contribution in [1.29, 1.82) is 0 Å². The van der Waals surface area contributed by atoms with Crippen molar-refractivity contribution in [1.82, 2.24) is 0 Å². The molecule has 0 radical (unpaired) electrons. The number of hydrogen-bond acceptors (Lipinski definition) is 2. The number of benzene rings is 1. The van der Waals surface area contributed by atoms with Gasteiger partial charge in [0.1, 0.15) is 3.61 Å². The van der Waals surface area contributed by atoms with Crippen molar-refractivity contribution in [2.75, 3.05) is 13.2 Å². The van der Waals surface area contributed by atoms with Crippen LogP contribution >= 0.6 is 22.6 Å². The van der Waals surface area contributed by atoms with E-state index in [2.05, 4.69) is 48.6 Å². The first-order chi connectivity index (χ1) is 7.58. The quantitative estimate of drug-likeness (QED) is 0.429. The van der Waals surface area contributed by atoms with Gasteiger partial charge in [-0.3, -0.25) is 0 Å². The maximum absolute atomic E-state index is 5.59. The molecule has 16 heavy (non-hydrogen) atoms. The van der Waals surface area contributed by atoms with E-state index in [0.29, 0.717) is 6.61 Å². The second-order valence-electron chi connectivity index (χ2n) is 4.10. The SMILES string of the molecule is CC(C)(I)OCCCOCc1ccccc1. The van der Waals surface area contributed by atoms with Crippen LogP contribution in [0.25, 0.3) is 0 Å². The van der Waals surface area contributed by atoms with Gasteiger partial charge in [0.15, 0.2) is 0 Å². The summed E-state index contributed by atoms with van der Waals surface area (Å²) in [6.07, 6.45) is 0.944. The molecule has 0 amide bonds. The molecular weight excluding hydrogens is 315 g/mol. The summed E-state index contributed by atoms with van der Waals surface area (Å²) < 4.78 is 11.1. The standard InChI is InChI=1S/C13H19IO2/c1-13(2,14)16-10-6-9-15-11-12-7-4-3-5-8-12/h3-5,7-8H,6,9-11H2,1-2H3. The fraction of sp³-hybridized carbons (Fsp3) is 0.538. The van der Waals surface area contributed by atoms with Crippen molar-refractivity contribution in [3.8, 4) is 0 Å². The molecule has 0 N–H and O–H groups in total. The molecule has 1 aromatic rings. The Morgan fingerprint density at radius 1 is 1.12 bits per heavy atom. The van der Waals surface area contributed by atoms with Gasteiger partial charge in [-0.1, -0.05) is 30.3 Å². The lowest BCUT2D eigenvalue weighted by Crippen LogP contribution is -2.16. The third kappa shape index (κ3) is 7.19. The number of ether oxygens (including phenoxy) is 2. The summed E-state index contributed by atoms with van der Waals surface area (Å²) in [5.74, 6) is 0. The first kappa shape index (κ1) is 13.9. The van der Waals surface area contributed by atoms with Crippen molar-refractivity contribution >= 4 is 22.6 Å².